The molecule has 0 aliphatic heterocycles. The predicted molar refractivity (Wildman–Crippen MR) is 196 cm³/mol. The van der Waals surface area contributed by atoms with E-state index in [1.807, 2.05) is 24.3 Å². The molecule has 4 atom stereocenters. The lowest BCUT2D eigenvalue weighted by Crippen LogP contribution is -2.58. The number of aliphatic imine (C=N–C) groups is 2. The number of nitrogens with zero attached hydrogens (tertiary/aromatic N) is 2. The number of H-pyrrole nitrogens is 1. The highest BCUT2D eigenvalue weighted by Crippen LogP contribution is 2.20. The Morgan fingerprint density at radius 3 is 1.77 bits per heavy atom. The van der Waals surface area contributed by atoms with Crippen LogP contribution >= 0.6 is 0 Å². The zero-order valence-corrected chi connectivity index (χ0v) is 28.9. The molecule has 1 heterocycles. The third-order valence-electron chi connectivity index (χ3n) is 7.99. The Balaban J connectivity index is 1.89. The van der Waals surface area contributed by atoms with E-state index < -0.39 is 53.7 Å². The molecule has 0 fully saturated rings. The van der Waals surface area contributed by atoms with Gasteiger partial charge in [-0.1, -0.05) is 30.3 Å². The van der Waals surface area contributed by atoms with Gasteiger partial charge in [-0.25, -0.2) is 0 Å². The number of para-hydroxylation sites is 1. The lowest BCUT2D eigenvalue weighted by atomic mass is 10.0. The summed E-state index contributed by atoms with van der Waals surface area (Å²) in [5.41, 5.74) is 29.5. The van der Waals surface area contributed by atoms with E-state index >= 15 is 0 Å². The summed E-state index contributed by atoms with van der Waals surface area (Å²) in [6.45, 7) is 1.61. The first-order valence-corrected chi connectivity index (χ1v) is 16.6. The van der Waals surface area contributed by atoms with Crippen molar-refractivity contribution in [3.63, 3.8) is 0 Å². The van der Waals surface area contributed by atoms with Gasteiger partial charge < -0.3 is 60.0 Å². The molecule has 0 aliphatic carbocycles. The zero-order chi connectivity index (χ0) is 38.2. The molecule has 3 rings (SSSR count). The van der Waals surface area contributed by atoms with Gasteiger partial charge in [0.1, 0.15) is 29.9 Å². The topological polar surface area (TPSA) is 324 Å². The number of rotatable bonds is 20. The number of benzene rings is 2. The predicted octanol–water partition coefficient (Wildman–Crippen LogP) is -1.79. The van der Waals surface area contributed by atoms with E-state index in [1.54, 1.807) is 18.3 Å². The molecule has 0 saturated carbocycles. The fraction of sp³-hybridized carbons (Fsp3) is 0.382. The summed E-state index contributed by atoms with van der Waals surface area (Å²) in [7, 11) is 0. The fourth-order valence-corrected chi connectivity index (χ4v) is 5.43. The Labute approximate surface area is 300 Å². The molecule has 0 saturated heterocycles. The number of amides is 5. The number of primary amides is 1. The number of nitrogens with two attached hydrogens (primary N) is 5. The lowest BCUT2D eigenvalue weighted by Gasteiger charge is -2.26. The molecule has 18 nitrogen and oxygen atoms in total. The summed E-state index contributed by atoms with van der Waals surface area (Å²) >= 11 is 0. The minimum absolute atomic E-state index is 0.00941. The summed E-state index contributed by atoms with van der Waals surface area (Å²) in [6, 6.07) is 8.82. The normalized spacial score (nSPS) is 13.1. The van der Waals surface area contributed by atoms with Gasteiger partial charge in [-0.3, -0.25) is 34.0 Å². The third-order valence-corrected chi connectivity index (χ3v) is 7.99. The highest BCUT2D eigenvalue weighted by molar-refractivity contribution is 5.96. The largest absolute Gasteiger partial charge is 0.508 e. The number of hydrogen-bond acceptors (Lipinski definition) is 8. The Kier molecular flexibility index (Phi) is 15.2. The van der Waals surface area contributed by atoms with Crippen molar-refractivity contribution in [3.8, 4) is 5.75 Å². The number of phenolic OH excluding ortho intramolecular Hbond substituents is 1. The zero-order valence-electron chi connectivity index (χ0n) is 28.9. The van der Waals surface area contributed by atoms with Crippen LogP contribution in [0, 0.1) is 0 Å². The number of carbonyl (C=O) groups excluding carboxylic acids is 5. The highest BCUT2D eigenvalue weighted by atomic mass is 16.3. The number of fused-ring (bicyclic) bond motifs is 1. The number of aromatic amines is 1. The van der Waals surface area contributed by atoms with Gasteiger partial charge in [-0.15, -0.1) is 0 Å². The van der Waals surface area contributed by atoms with Crippen molar-refractivity contribution in [3.05, 3.63) is 65.9 Å². The van der Waals surface area contributed by atoms with E-state index in [0.29, 0.717) is 17.5 Å². The molecule has 3 aromatic rings. The van der Waals surface area contributed by atoms with Crippen LogP contribution in [-0.2, 0) is 36.8 Å². The second-order valence-electron chi connectivity index (χ2n) is 12.2. The summed E-state index contributed by atoms with van der Waals surface area (Å²) in [4.78, 5) is 76.8. The summed E-state index contributed by atoms with van der Waals surface area (Å²) < 4.78 is 0. The molecule has 0 aliphatic rings. The molecular formula is C34H48N12O6. The number of nitrogens with one attached hydrogen (secondary N) is 5. The number of hydrogen-bond donors (Lipinski definition) is 11. The molecule has 2 aromatic carbocycles. The van der Waals surface area contributed by atoms with E-state index in [4.69, 9.17) is 28.7 Å². The van der Waals surface area contributed by atoms with Crippen LogP contribution in [-0.4, -0.2) is 88.8 Å². The fourth-order valence-electron chi connectivity index (χ4n) is 5.43. The maximum Gasteiger partial charge on any atom is 0.243 e. The van der Waals surface area contributed by atoms with Gasteiger partial charge in [0.25, 0.3) is 0 Å². The summed E-state index contributed by atoms with van der Waals surface area (Å²) in [5.74, 6) is -3.59. The van der Waals surface area contributed by atoms with Crippen LogP contribution < -0.4 is 49.9 Å². The van der Waals surface area contributed by atoms with E-state index in [-0.39, 0.29) is 62.9 Å². The first-order valence-electron chi connectivity index (χ1n) is 16.6. The van der Waals surface area contributed by atoms with Gasteiger partial charge in [0.05, 0.1) is 0 Å². The minimum atomic E-state index is -1.22. The summed E-state index contributed by atoms with van der Waals surface area (Å²) in [5, 5.41) is 21.1. The highest BCUT2D eigenvalue weighted by Gasteiger charge is 2.31. The number of carbonyl (C=O) groups is 5. The van der Waals surface area contributed by atoms with Crippen molar-refractivity contribution in [1.29, 1.82) is 0 Å². The molecule has 52 heavy (non-hydrogen) atoms. The first kappa shape index (κ1) is 40.1. The monoisotopic (exact) mass is 720 g/mol. The SMILES string of the molecule is CC(=O)N[C@H](CCCN=C(N)N)C(=O)N[C@@H](Cc1c[nH]c2ccccc12)C(=O)N[C@@H](CCCN=C(N)N)C(=O)N[C@@H](Cc1ccc(O)cc1)C(N)=O. The molecule has 0 bridgehead atoms. The van der Waals surface area contributed by atoms with E-state index in [2.05, 4.69) is 36.2 Å². The second-order valence-corrected chi connectivity index (χ2v) is 12.2. The van der Waals surface area contributed by atoms with Gasteiger partial charge >= 0.3 is 0 Å². The van der Waals surface area contributed by atoms with E-state index in [0.717, 1.165) is 10.9 Å². The molecule has 16 N–H and O–H groups in total. The third kappa shape index (κ3) is 13.2. The Morgan fingerprint density at radius 2 is 1.21 bits per heavy atom. The van der Waals surface area contributed by atoms with Crippen LogP contribution in [0.5, 0.6) is 5.75 Å². The minimum Gasteiger partial charge on any atom is -0.508 e. The van der Waals surface area contributed by atoms with Crippen LogP contribution in [0.3, 0.4) is 0 Å². The van der Waals surface area contributed by atoms with Gasteiger partial charge in [-0.2, -0.15) is 0 Å². The Morgan fingerprint density at radius 1 is 0.692 bits per heavy atom. The molecule has 0 unspecified atom stereocenters. The van der Waals surface area contributed by atoms with Gasteiger partial charge in [0, 0.05) is 50.0 Å². The first-order chi connectivity index (χ1) is 24.7. The number of aromatic hydroxyl groups is 1. The van der Waals surface area contributed by atoms with Crippen LogP contribution in [0.2, 0.25) is 0 Å². The van der Waals surface area contributed by atoms with Gasteiger partial charge in [-0.05, 0) is 55.0 Å². The van der Waals surface area contributed by atoms with Gasteiger partial charge in [0.2, 0.25) is 29.5 Å². The van der Waals surface area contributed by atoms with Crippen molar-refractivity contribution < 1.29 is 29.1 Å². The smallest absolute Gasteiger partial charge is 0.243 e. The van der Waals surface area contributed by atoms with Crippen LogP contribution in [0.4, 0.5) is 0 Å². The van der Waals surface area contributed by atoms with Crippen LogP contribution in [0.25, 0.3) is 10.9 Å². The standard InChI is InChI=1S/C34H48N12O6/c1-19(47)43-25(8-4-14-40-33(36)37)30(50)46-28(17-21-18-42-24-7-3-2-6-23(21)24)32(52)44-26(9-5-15-41-34(38)39)31(51)45-27(29(35)49)16-20-10-12-22(48)13-11-20/h2-3,6-7,10-13,18,25-28,42,48H,4-5,8-9,14-17H2,1H3,(H2,35,49)(H,43,47)(H,44,52)(H,45,51)(H,46,50)(H4,36,37,40)(H4,38,39,41)/t25-,26+,27+,28+/m1/s1. The summed E-state index contributed by atoms with van der Waals surface area (Å²) in [6.07, 6.45) is 2.56. The maximum atomic E-state index is 14.1. The Bertz CT molecular complexity index is 1750. The second kappa shape index (κ2) is 19.8. The number of phenols is 1. The van der Waals surface area contributed by atoms with Crippen molar-refractivity contribution in [2.45, 2.75) is 69.6 Å². The molecule has 1 aromatic heterocycles. The van der Waals surface area contributed by atoms with E-state index in [1.165, 1.54) is 19.1 Å². The van der Waals surface area contributed by atoms with Crippen molar-refractivity contribution in [2.24, 2.45) is 38.7 Å². The average Bonchev–Trinajstić information content (AvgIpc) is 3.49. The molecule has 280 valence electrons. The average molecular weight is 721 g/mol. The van der Waals surface area contributed by atoms with Crippen molar-refractivity contribution in [1.82, 2.24) is 26.3 Å². The molecule has 0 radical (unpaired) electrons. The Hall–Kier alpha value is -6.33. The molecular weight excluding hydrogens is 672 g/mol. The van der Waals surface area contributed by atoms with Crippen molar-refractivity contribution in [2.75, 3.05) is 13.1 Å². The van der Waals surface area contributed by atoms with E-state index in [9.17, 15) is 29.1 Å². The molecule has 0 spiro atoms. The van der Waals surface area contributed by atoms with Crippen LogP contribution in [0.15, 0.2) is 64.7 Å². The van der Waals surface area contributed by atoms with Crippen molar-refractivity contribution >= 4 is 52.4 Å². The lowest BCUT2D eigenvalue weighted by molar-refractivity contribution is -0.134. The number of guanidine groups is 2. The maximum absolute atomic E-state index is 14.1. The van der Waals surface area contributed by atoms with Gasteiger partial charge in [0.15, 0.2) is 11.9 Å². The number of aromatic nitrogens is 1. The molecule has 5 amide bonds. The quantitative estimate of drug-likeness (QED) is 0.0354. The van der Waals surface area contributed by atoms with Crippen LogP contribution in [0.1, 0.15) is 43.7 Å². The molecule has 18 heteroatoms.